The lowest BCUT2D eigenvalue weighted by atomic mass is 9.50. The number of hydrogen-bond acceptors (Lipinski definition) is 5. The Morgan fingerprint density at radius 2 is 2.00 bits per heavy atom. The van der Waals surface area contributed by atoms with Crippen molar-refractivity contribution in [1.82, 2.24) is 10.3 Å². The number of amides is 2. The van der Waals surface area contributed by atoms with E-state index >= 15 is 0 Å². The molecule has 0 radical (unpaired) electrons. The third kappa shape index (κ3) is 3.06. The van der Waals surface area contributed by atoms with Gasteiger partial charge in [0.2, 0.25) is 11.8 Å². The van der Waals surface area contributed by atoms with Gasteiger partial charge >= 0.3 is 6.18 Å². The topological polar surface area (TPSA) is 68.3 Å². The first-order chi connectivity index (χ1) is 14.2. The highest BCUT2D eigenvalue weighted by Gasteiger charge is 2.59. The number of hydrogen-bond donors (Lipinski definition) is 1. The zero-order valence-electron chi connectivity index (χ0n) is 15.3. The number of pyridine rings is 1. The van der Waals surface area contributed by atoms with Crippen LogP contribution >= 0.6 is 23.4 Å². The average molecular weight is 455 g/mol. The molecular weight excluding hydrogens is 441 g/mol. The molecule has 5 nitrogen and oxygen atoms in total. The molecule has 2 heterocycles. The average Bonchev–Trinajstić information content (AvgIpc) is 2.99. The van der Waals surface area contributed by atoms with Gasteiger partial charge in [-0.15, -0.1) is 0 Å². The van der Waals surface area contributed by atoms with E-state index in [9.17, 15) is 22.8 Å². The van der Waals surface area contributed by atoms with Gasteiger partial charge in [-0.1, -0.05) is 29.4 Å². The second-order valence-corrected chi connectivity index (χ2v) is 9.32. The second-order valence-electron chi connectivity index (χ2n) is 7.84. The number of nitrogens with zero attached hydrogens (tertiary/aromatic N) is 1. The SMILES string of the molecule is O=C1NC(=O)C(C23CC(Cc4cc(Oc5ncc(C(F)(F)F)cc5Cl)ccc42)C3)S1. The van der Waals surface area contributed by atoms with Crippen LogP contribution in [0.1, 0.15) is 29.5 Å². The molecule has 2 bridgehead atoms. The predicted molar refractivity (Wildman–Crippen MR) is 104 cm³/mol. The fourth-order valence-corrected chi connectivity index (χ4v) is 6.07. The Kier molecular flexibility index (Phi) is 4.34. The van der Waals surface area contributed by atoms with E-state index in [1.165, 1.54) is 0 Å². The quantitative estimate of drug-likeness (QED) is 0.698. The summed E-state index contributed by atoms with van der Waals surface area (Å²) in [5.74, 6) is 0.456. The van der Waals surface area contributed by atoms with E-state index in [4.69, 9.17) is 16.3 Å². The molecule has 4 aliphatic rings. The molecule has 1 saturated carbocycles. The molecule has 156 valence electrons. The van der Waals surface area contributed by atoms with Gasteiger partial charge in [0.05, 0.1) is 5.56 Å². The van der Waals surface area contributed by atoms with Gasteiger partial charge in [0.15, 0.2) is 0 Å². The van der Waals surface area contributed by atoms with E-state index in [1.807, 2.05) is 12.1 Å². The summed E-state index contributed by atoms with van der Waals surface area (Å²) in [4.78, 5) is 27.7. The van der Waals surface area contributed by atoms with Crippen LogP contribution in [0.2, 0.25) is 5.02 Å². The molecule has 1 atom stereocenters. The van der Waals surface area contributed by atoms with Gasteiger partial charge in [0, 0.05) is 11.6 Å². The fraction of sp³-hybridized carbons (Fsp3) is 0.350. The number of alkyl halides is 3. The van der Waals surface area contributed by atoms with Crippen LogP contribution in [0.5, 0.6) is 11.6 Å². The van der Waals surface area contributed by atoms with Crippen LogP contribution in [-0.2, 0) is 22.8 Å². The van der Waals surface area contributed by atoms with E-state index < -0.39 is 17.0 Å². The maximum atomic E-state index is 12.8. The third-order valence-electron chi connectivity index (χ3n) is 5.97. The Labute approximate surface area is 178 Å². The van der Waals surface area contributed by atoms with Crippen molar-refractivity contribution in [2.24, 2.45) is 5.92 Å². The number of carbonyl (C=O) groups is 2. The number of benzene rings is 1. The first-order valence-electron chi connectivity index (χ1n) is 9.21. The van der Waals surface area contributed by atoms with Crippen LogP contribution in [0.25, 0.3) is 0 Å². The standard InChI is InChI=1S/C20H14ClF3N2O3S/c21-14-5-11(20(22,23)24)8-25-17(14)29-12-1-2-13-10(4-12)3-9-6-19(13,7-9)15-16(27)26-18(28)30-15/h1-2,4-5,8-9,15H,3,6-7H2,(H,26,27,28). The minimum atomic E-state index is -4.54. The first kappa shape index (κ1) is 19.7. The molecule has 1 aliphatic heterocycles. The zero-order chi connectivity index (χ0) is 21.3. The minimum absolute atomic E-state index is 0.114. The van der Waals surface area contributed by atoms with E-state index in [0.717, 1.165) is 48.2 Å². The summed E-state index contributed by atoms with van der Waals surface area (Å²) >= 11 is 6.97. The van der Waals surface area contributed by atoms with Gasteiger partial charge in [0.25, 0.3) is 5.24 Å². The molecule has 1 N–H and O–H groups in total. The van der Waals surface area contributed by atoms with Gasteiger partial charge in [-0.05, 0) is 54.5 Å². The van der Waals surface area contributed by atoms with Crippen molar-refractivity contribution in [3.63, 3.8) is 0 Å². The molecule has 3 aliphatic carbocycles. The summed E-state index contributed by atoms with van der Waals surface area (Å²) in [6.07, 6.45) is -1.34. The Hall–Kier alpha value is -2.26. The maximum Gasteiger partial charge on any atom is 0.417 e. The predicted octanol–water partition coefficient (Wildman–Crippen LogP) is 5.10. The van der Waals surface area contributed by atoms with Crippen LogP contribution in [-0.4, -0.2) is 21.4 Å². The highest BCUT2D eigenvalue weighted by molar-refractivity contribution is 8.15. The van der Waals surface area contributed by atoms with E-state index in [2.05, 4.69) is 10.3 Å². The highest BCUT2D eigenvalue weighted by Crippen LogP contribution is 2.60. The van der Waals surface area contributed by atoms with Crippen molar-refractivity contribution < 1.29 is 27.5 Å². The molecule has 1 aromatic heterocycles. The first-order valence-corrected chi connectivity index (χ1v) is 10.5. The summed E-state index contributed by atoms with van der Waals surface area (Å²) in [6.45, 7) is 0. The van der Waals surface area contributed by atoms with Gasteiger partial charge in [-0.2, -0.15) is 13.2 Å². The van der Waals surface area contributed by atoms with Crippen molar-refractivity contribution in [3.05, 3.63) is 52.2 Å². The molecule has 10 heteroatoms. The maximum absolute atomic E-state index is 12.8. The molecule has 6 rings (SSSR count). The Balaban J connectivity index is 1.43. The van der Waals surface area contributed by atoms with Gasteiger partial charge in [0.1, 0.15) is 16.0 Å². The number of rotatable bonds is 3. The highest BCUT2D eigenvalue weighted by atomic mass is 35.5. The lowest BCUT2D eigenvalue weighted by Crippen LogP contribution is -2.55. The third-order valence-corrected chi connectivity index (χ3v) is 7.45. The van der Waals surface area contributed by atoms with Gasteiger partial charge in [-0.25, -0.2) is 4.98 Å². The molecule has 30 heavy (non-hydrogen) atoms. The minimum Gasteiger partial charge on any atom is -0.438 e. The second kappa shape index (κ2) is 6.62. The largest absolute Gasteiger partial charge is 0.438 e. The van der Waals surface area contributed by atoms with E-state index in [1.54, 1.807) is 6.07 Å². The van der Waals surface area contributed by atoms with E-state index in [-0.39, 0.29) is 27.5 Å². The number of thioether (sulfide) groups is 1. The number of ether oxygens (including phenoxy) is 1. The summed E-state index contributed by atoms with van der Waals surface area (Å²) in [5.41, 5.74) is 0.702. The summed E-state index contributed by atoms with van der Waals surface area (Å²) < 4.78 is 44.0. The van der Waals surface area contributed by atoms with Crippen LogP contribution in [0.4, 0.5) is 18.0 Å². The molecule has 2 aromatic rings. The lowest BCUT2D eigenvalue weighted by Gasteiger charge is -2.55. The molecule has 1 saturated heterocycles. The number of aromatic nitrogens is 1. The summed E-state index contributed by atoms with van der Waals surface area (Å²) in [7, 11) is 0. The van der Waals surface area contributed by atoms with Crippen LogP contribution in [0, 0.1) is 5.92 Å². The summed E-state index contributed by atoms with van der Waals surface area (Å²) in [6, 6.07) is 6.15. The Bertz CT molecular complexity index is 1090. The zero-order valence-corrected chi connectivity index (χ0v) is 16.8. The van der Waals surface area contributed by atoms with Crippen molar-refractivity contribution in [1.29, 1.82) is 0 Å². The molecule has 2 fully saturated rings. The van der Waals surface area contributed by atoms with Crippen LogP contribution in [0.3, 0.4) is 0 Å². The molecule has 1 unspecified atom stereocenters. The molecule has 1 aromatic carbocycles. The van der Waals surface area contributed by atoms with Crippen molar-refractivity contribution >= 4 is 34.5 Å². The smallest absolute Gasteiger partial charge is 0.417 e. The number of halogens is 4. The van der Waals surface area contributed by atoms with Crippen LogP contribution < -0.4 is 10.1 Å². The normalized spacial score (nSPS) is 27.3. The van der Waals surface area contributed by atoms with Gasteiger partial charge in [-0.3, -0.25) is 14.9 Å². The monoisotopic (exact) mass is 454 g/mol. The lowest BCUT2D eigenvalue weighted by molar-refractivity contribution is -0.137. The Morgan fingerprint density at radius 3 is 2.63 bits per heavy atom. The number of carbonyl (C=O) groups excluding carboxylic acids is 2. The molecule has 2 amide bonds. The van der Waals surface area contributed by atoms with Gasteiger partial charge < -0.3 is 4.74 Å². The fourth-order valence-electron chi connectivity index (χ4n) is 4.78. The van der Waals surface area contributed by atoms with Crippen LogP contribution in [0.15, 0.2) is 30.5 Å². The van der Waals surface area contributed by atoms with Crippen molar-refractivity contribution in [3.8, 4) is 11.6 Å². The number of imide groups is 1. The van der Waals surface area contributed by atoms with E-state index in [0.29, 0.717) is 17.9 Å². The molecule has 0 spiro atoms. The van der Waals surface area contributed by atoms with Crippen molar-refractivity contribution in [2.75, 3.05) is 0 Å². The Morgan fingerprint density at radius 1 is 1.23 bits per heavy atom. The molecular formula is C20H14ClF3N2O3S. The summed E-state index contributed by atoms with van der Waals surface area (Å²) in [5, 5.41) is 1.36. The number of nitrogens with one attached hydrogen (secondary N) is 1. The van der Waals surface area contributed by atoms with Crippen molar-refractivity contribution in [2.45, 2.75) is 36.1 Å².